The molecule has 2 N–H and O–H groups in total. The highest BCUT2D eigenvalue weighted by Gasteiger charge is 2.35. The van der Waals surface area contributed by atoms with Gasteiger partial charge < -0.3 is 9.84 Å². The van der Waals surface area contributed by atoms with Crippen LogP contribution >= 0.6 is 0 Å². The second-order valence-corrected chi connectivity index (χ2v) is 6.42. The van der Waals surface area contributed by atoms with Crippen molar-refractivity contribution in [2.45, 2.75) is 13.0 Å². The topological polar surface area (TPSA) is 95.9 Å². The van der Waals surface area contributed by atoms with E-state index in [4.69, 9.17) is 4.74 Å². The standard InChI is InChI=1S/C22H20N2O5/c1-3-7-16-10-15(12-18(29-2)19(16)25)11-17-20(26)23-22(28)24(21(17)27)13-14-8-5-4-6-9-14/h3-6,8-12,25H,1,7,13H2,2H3,(H,23,26,28)/b17-11+. The van der Waals surface area contributed by atoms with Gasteiger partial charge in [-0.15, -0.1) is 6.58 Å². The van der Waals surface area contributed by atoms with Crippen molar-refractivity contribution in [3.8, 4) is 11.5 Å². The Morgan fingerprint density at radius 2 is 1.90 bits per heavy atom. The average molecular weight is 392 g/mol. The van der Waals surface area contributed by atoms with Gasteiger partial charge in [-0.25, -0.2) is 4.79 Å². The Morgan fingerprint density at radius 1 is 1.17 bits per heavy atom. The van der Waals surface area contributed by atoms with Gasteiger partial charge in [0.25, 0.3) is 11.8 Å². The van der Waals surface area contributed by atoms with Gasteiger partial charge in [0, 0.05) is 5.56 Å². The summed E-state index contributed by atoms with van der Waals surface area (Å²) in [6.07, 6.45) is 3.36. The third-order valence-electron chi connectivity index (χ3n) is 4.44. The second kappa shape index (κ2) is 8.43. The van der Waals surface area contributed by atoms with Crippen LogP contribution in [0.25, 0.3) is 6.08 Å². The van der Waals surface area contributed by atoms with Crippen LogP contribution in [0.5, 0.6) is 11.5 Å². The monoisotopic (exact) mass is 392 g/mol. The summed E-state index contributed by atoms with van der Waals surface area (Å²) in [7, 11) is 1.41. The molecule has 1 fully saturated rings. The van der Waals surface area contributed by atoms with Crippen LogP contribution in [0.4, 0.5) is 4.79 Å². The molecule has 0 saturated carbocycles. The molecule has 7 nitrogen and oxygen atoms in total. The maximum absolute atomic E-state index is 12.9. The number of barbiturate groups is 1. The van der Waals surface area contributed by atoms with E-state index >= 15 is 0 Å². The minimum atomic E-state index is -0.776. The van der Waals surface area contributed by atoms with Crippen LogP contribution in [0.15, 0.2) is 60.7 Å². The molecule has 2 aromatic rings. The third kappa shape index (κ3) is 4.19. The number of carbonyl (C=O) groups is 3. The molecule has 0 bridgehead atoms. The molecule has 2 aromatic carbocycles. The zero-order chi connectivity index (χ0) is 21.0. The van der Waals surface area contributed by atoms with Gasteiger partial charge in [-0.1, -0.05) is 36.4 Å². The molecule has 1 aliphatic rings. The quantitative estimate of drug-likeness (QED) is 0.448. The lowest BCUT2D eigenvalue weighted by molar-refractivity contribution is -0.130. The Balaban J connectivity index is 1.98. The Labute approximate surface area is 167 Å². The van der Waals surface area contributed by atoms with Gasteiger partial charge in [-0.3, -0.25) is 19.8 Å². The van der Waals surface area contributed by atoms with Gasteiger partial charge in [0.15, 0.2) is 11.5 Å². The number of aromatic hydroxyl groups is 1. The van der Waals surface area contributed by atoms with E-state index in [1.807, 2.05) is 6.07 Å². The number of ether oxygens (including phenoxy) is 1. The van der Waals surface area contributed by atoms with E-state index in [0.29, 0.717) is 17.5 Å². The SMILES string of the molecule is C=CCc1cc(/C=C2\C(=O)NC(=O)N(Cc3ccccc3)C2=O)cc(OC)c1O. The molecule has 0 aromatic heterocycles. The molecular weight excluding hydrogens is 372 g/mol. The maximum atomic E-state index is 12.9. The lowest BCUT2D eigenvalue weighted by Crippen LogP contribution is -2.53. The Bertz CT molecular complexity index is 1010. The van der Waals surface area contributed by atoms with E-state index in [1.54, 1.807) is 36.4 Å². The number of carbonyl (C=O) groups excluding carboxylic acids is 3. The first-order chi connectivity index (χ1) is 13.9. The summed E-state index contributed by atoms with van der Waals surface area (Å²) in [5.74, 6) is -1.30. The van der Waals surface area contributed by atoms with Crippen molar-refractivity contribution in [3.63, 3.8) is 0 Å². The van der Waals surface area contributed by atoms with E-state index in [1.165, 1.54) is 19.3 Å². The molecule has 4 amide bonds. The molecule has 0 atom stereocenters. The van der Waals surface area contributed by atoms with Crippen molar-refractivity contribution in [3.05, 3.63) is 77.4 Å². The minimum Gasteiger partial charge on any atom is -0.504 e. The molecule has 3 rings (SSSR count). The number of benzene rings is 2. The number of urea groups is 1. The number of phenols is 1. The number of rotatable bonds is 6. The molecule has 7 heteroatoms. The molecule has 0 spiro atoms. The summed E-state index contributed by atoms with van der Waals surface area (Å²) in [4.78, 5) is 38.3. The molecule has 29 heavy (non-hydrogen) atoms. The number of nitrogens with one attached hydrogen (secondary N) is 1. The summed E-state index contributed by atoms with van der Waals surface area (Å²) in [5, 5.41) is 12.4. The Morgan fingerprint density at radius 3 is 2.55 bits per heavy atom. The van der Waals surface area contributed by atoms with Crippen LogP contribution in [0.3, 0.4) is 0 Å². The van der Waals surface area contributed by atoms with Crippen LogP contribution in [-0.2, 0) is 22.6 Å². The summed E-state index contributed by atoms with van der Waals surface area (Å²) < 4.78 is 5.17. The van der Waals surface area contributed by atoms with E-state index in [2.05, 4.69) is 11.9 Å². The van der Waals surface area contributed by atoms with E-state index in [9.17, 15) is 19.5 Å². The fourth-order valence-corrected chi connectivity index (χ4v) is 3.01. The number of hydrogen-bond acceptors (Lipinski definition) is 5. The second-order valence-electron chi connectivity index (χ2n) is 6.42. The molecule has 0 aliphatic carbocycles. The lowest BCUT2D eigenvalue weighted by atomic mass is 10.0. The molecule has 1 heterocycles. The molecule has 0 radical (unpaired) electrons. The van der Waals surface area contributed by atoms with Crippen LogP contribution in [0, 0.1) is 0 Å². The molecule has 1 aliphatic heterocycles. The number of methoxy groups -OCH3 is 1. The van der Waals surface area contributed by atoms with Gasteiger partial charge in [-0.2, -0.15) is 0 Å². The molecule has 148 valence electrons. The largest absolute Gasteiger partial charge is 0.504 e. The van der Waals surface area contributed by atoms with Gasteiger partial charge >= 0.3 is 6.03 Å². The first kappa shape index (κ1) is 19.9. The fraction of sp³-hybridized carbons (Fsp3) is 0.136. The average Bonchev–Trinajstić information content (AvgIpc) is 2.71. The zero-order valence-electron chi connectivity index (χ0n) is 15.8. The number of nitrogens with zero attached hydrogens (tertiary/aromatic N) is 1. The molecule has 1 saturated heterocycles. The zero-order valence-corrected chi connectivity index (χ0v) is 15.8. The van der Waals surface area contributed by atoms with E-state index in [-0.39, 0.29) is 23.6 Å². The highest BCUT2D eigenvalue weighted by Crippen LogP contribution is 2.33. The van der Waals surface area contributed by atoms with Crippen LogP contribution in [0.2, 0.25) is 0 Å². The van der Waals surface area contributed by atoms with Gasteiger partial charge in [0.2, 0.25) is 0 Å². The highest BCUT2D eigenvalue weighted by atomic mass is 16.5. The van der Waals surface area contributed by atoms with Crippen molar-refractivity contribution in [2.24, 2.45) is 0 Å². The van der Waals surface area contributed by atoms with Crippen molar-refractivity contribution >= 4 is 23.9 Å². The summed E-state index contributed by atoms with van der Waals surface area (Å²) >= 11 is 0. The first-order valence-electron chi connectivity index (χ1n) is 8.88. The maximum Gasteiger partial charge on any atom is 0.331 e. The summed E-state index contributed by atoms with van der Waals surface area (Å²) in [6.45, 7) is 3.69. The van der Waals surface area contributed by atoms with Gasteiger partial charge in [0.05, 0.1) is 13.7 Å². The van der Waals surface area contributed by atoms with Crippen molar-refractivity contribution in [2.75, 3.05) is 7.11 Å². The number of allylic oxidation sites excluding steroid dienone is 1. The molecule has 0 unspecified atom stereocenters. The van der Waals surface area contributed by atoms with Crippen LogP contribution < -0.4 is 10.1 Å². The number of amides is 4. The molecular formula is C22H20N2O5. The Hall–Kier alpha value is -3.87. The minimum absolute atomic E-state index is 0.0325. The van der Waals surface area contributed by atoms with Crippen molar-refractivity contribution < 1.29 is 24.2 Å². The predicted octanol–water partition coefficient (Wildman–Crippen LogP) is 2.79. The smallest absolute Gasteiger partial charge is 0.331 e. The predicted molar refractivity (Wildman–Crippen MR) is 107 cm³/mol. The highest BCUT2D eigenvalue weighted by molar-refractivity contribution is 6.30. The first-order valence-corrected chi connectivity index (χ1v) is 8.88. The summed E-state index contributed by atoms with van der Waals surface area (Å²) in [6, 6.07) is 11.4. The summed E-state index contributed by atoms with van der Waals surface area (Å²) in [5.41, 5.74) is 1.58. The van der Waals surface area contributed by atoms with E-state index in [0.717, 1.165) is 10.5 Å². The van der Waals surface area contributed by atoms with Gasteiger partial charge in [-0.05, 0) is 35.8 Å². The van der Waals surface area contributed by atoms with Gasteiger partial charge in [0.1, 0.15) is 5.57 Å². The fourth-order valence-electron chi connectivity index (χ4n) is 3.01. The van der Waals surface area contributed by atoms with Crippen molar-refractivity contribution in [1.82, 2.24) is 10.2 Å². The number of hydrogen-bond donors (Lipinski definition) is 2. The Kier molecular flexibility index (Phi) is 5.78. The van der Waals surface area contributed by atoms with Crippen LogP contribution in [0.1, 0.15) is 16.7 Å². The number of phenolic OH excluding ortho intramolecular Hbond substituents is 1. The van der Waals surface area contributed by atoms with Crippen molar-refractivity contribution in [1.29, 1.82) is 0 Å². The third-order valence-corrected chi connectivity index (χ3v) is 4.44. The number of imide groups is 2. The van der Waals surface area contributed by atoms with Crippen LogP contribution in [-0.4, -0.2) is 35.0 Å². The van der Waals surface area contributed by atoms with E-state index < -0.39 is 17.8 Å². The normalized spacial score (nSPS) is 15.4. The lowest BCUT2D eigenvalue weighted by Gasteiger charge is -2.26.